The average Bonchev–Trinajstić information content (AvgIpc) is 2.90. The predicted molar refractivity (Wildman–Crippen MR) is 146 cm³/mol. The molecule has 0 saturated carbocycles. The average molecular weight is 503 g/mol. The molecule has 0 unspecified atom stereocenters. The Balaban J connectivity index is 1.47. The van der Waals surface area contributed by atoms with Crippen molar-refractivity contribution in [2.24, 2.45) is 0 Å². The van der Waals surface area contributed by atoms with E-state index < -0.39 is 0 Å². The van der Waals surface area contributed by atoms with Gasteiger partial charge in [0.2, 0.25) is 0 Å². The lowest BCUT2D eigenvalue weighted by atomic mass is 9.99. The molecule has 0 spiro atoms. The van der Waals surface area contributed by atoms with Gasteiger partial charge in [-0.3, -0.25) is 4.79 Å². The second-order valence-corrected chi connectivity index (χ2v) is 9.64. The van der Waals surface area contributed by atoms with Crippen molar-refractivity contribution in [3.05, 3.63) is 94.5 Å². The minimum Gasteiger partial charge on any atom is -0.493 e. The molecule has 2 bridgehead atoms. The molecule has 1 amide bonds. The van der Waals surface area contributed by atoms with Crippen LogP contribution >= 0.6 is 0 Å². The molecule has 37 heavy (non-hydrogen) atoms. The summed E-state index contributed by atoms with van der Waals surface area (Å²) in [5, 5.41) is 3.05. The number of hydrogen-bond acceptors (Lipinski definition) is 5. The highest BCUT2D eigenvalue weighted by Gasteiger charge is 2.13. The molecule has 3 aromatic rings. The van der Waals surface area contributed by atoms with Gasteiger partial charge in [0.1, 0.15) is 18.1 Å². The van der Waals surface area contributed by atoms with E-state index in [1.165, 1.54) is 11.1 Å². The van der Waals surface area contributed by atoms with Crippen molar-refractivity contribution in [1.82, 2.24) is 10.2 Å². The van der Waals surface area contributed by atoms with Gasteiger partial charge in [0.05, 0.1) is 13.2 Å². The molecule has 196 valence electrons. The number of ether oxygens (including phenoxy) is 3. The smallest absolute Gasteiger partial charge is 0.251 e. The molecule has 1 aliphatic rings. The first-order valence-corrected chi connectivity index (χ1v) is 13.1. The Morgan fingerprint density at radius 2 is 1.84 bits per heavy atom. The monoisotopic (exact) mass is 502 g/mol. The molecule has 0 aromatic heterocycles. The zero-order chi connectivity index (χ0) is 25.9. The van der Waals surface area contributed by atoms with E-state index in [9.17, 15) is 4.79 Å². The summed E-state index contributed by atoms with van der Waals surface area (Å²) in [6.45, 7) is 4.16. The lowest BCUT2D eigenvalue weighted by Crippen LogP contribution is -2.23. The van der Waals surface area contributed by atoms with E-state index in [-0.39, 0.29) is 5.91 Å². The number of methoxy groups -OCH3 is 1. The van der Waals surface area contributed by atoms with Crippen LogP contribution in [0.5, 0.6) is 11.5 Å². The zero-order valence-electron chi connectivity index (χ0n) is 22.0. The largest absolute Gasteiger partial charge is 0.493 e. The molecule has 6 heteroatoms. The number of carbonyl (C=O) groups excluding carboxylic acids is 1. The standard InChI is InChI=1S/C31H38N2O4/c1-33-14-4-3-5-15-37-30-13-12-27(21-28(30)19-24-8-6-10-26(18-24)23-33)31(34)32-22-25-9-7-11-29(20-25)36-17-16-35-2/h6-13,18,20-21H,3-5,14-17,19,22-23H2,1-2H3,(H,32,34). The van der Waals surface area contributed by atoms with Crippen LogP contribution in [0.4, 0.5) is 0 Å². The Kier molecular flexibility index (Phi) is 9.97. The van der Waals surface area contributed by atoms with E-state index in [0.29, 0.717) is 31.9 Å². The van der Waals surface area contributed by atoms with Crippen LogP contribution < -0.4 is 14.8 Å². The van der Waals surface area contributed by atoms with Crippen molar-refractivity contribution in [3.63, 3.8) is 0 Å². The fourth-order valence-corrected chi connectivity index (χ4v) is 4.56. The lowest BCUT2D eigenvalue weighted by Gasteiger charge is -2.19. The molecule has 1 N–H and O–H groups in total. The zero-order valence-corrected chi connectivity index (χ0v) is 22.0. The highest BCUT2D eigenvalue weighted by atomic mass is 16.5. The van der Waals surface area contributed by atoms with Crippen LogP contribution in [0.25, 0.3) is 0 Å². The van der Waals surface area contributed by atoms with Gasteiger partial charge in [0.15, 0.2) is 0 Å². The number of carbonyl (C=O) groups is 1. The number of nitrogens with one attached hydrogen (secondary N) is 1. The molecule has 0 aliphatic carbocycles. The molecule has 1 aliphatic heterocycles. The number of hydrogen-bond donors (Lipinski definition) is 1. The normalized spacial score (nSPS) is 14.6. The van der Waals surface area contributed by atoms with Crippen LogP contribution in [0.15, 0.2) is 66.7 Å². The van der Waals surface area contributed by atoms with Crippen molar-refractivity contribution in [3.8, 4) is 11.5 Å². The minimum absolute atomic E-state index is 0.108. The van der Waals surface area contributed by atoms with Gasteiger partial charge in [-0.15, -0.1) is 0 Å². The number of rotatable bonds is 7. The summed E-state index contributed by atoms with van der Waals surface area (Å²) in [7, 11) is 3.83. The number of nitrogens with zero attached hydrogens (tertiary/aromatic N) is 1. The van der Waals surface area contributed by atoms with Crippen LogP contribution in [0.2, 0.25) is 0 Å². The van der Waals surface area contributed by atoms with Crippen LogP contribution in [-0.4, -0.2) is 51.3 Å². The van der Waals surface area contributed by atoms with Crippen molar-refractivity contribution in [2.75, 3.05) is 40.5 Å². The first-order chi connectivity index (χ1) is 18.1. The molecule has 0 atom stereocenters. The molecule has 6 nitrogen and oxygen atoms in total. The second kappa shape index (κ2) is 13.8. The van der Waals surface area contributed by atoms with E-state index in [1.807, 2.05) is 42.5 Å². The van der Waals surface area contributed by atoms with Crippen molar-refractivity contribution >= 4 is 5.91 Å². The maximum absolute atomic E-state index is 13.1. The summed E-state index contributed by atoms with van der Waals surface area (Å²) in [5.74, 6) is 1.51. The third kappa shape index (κ3) is 8.34. The summed E-state index contributed by atoms with van der Waals surface area (Å²) < 4.78 is 16.9. The highest BCUT2D eigenvalue weighted by Crippen LogP contribution is 2.25. The van der Waals surface area contributed by atoms with E-state index in [1.54, 1.807) is 7.11 Å². The van der Waals surface area contributed by atoms with E-state index >= 15 is 0 Å². The van der Waals surface area contributed by atoms with Crippen LogP contribution in [0.3, 0.4) is 0 Å². The first-order valence-electron chi connectivity index (χ1n) is 13.1. The van der Waals surface area contributed by atoms with Gasteiger partial charge in [-0.1, -0.05) is 36.4 Å². The van der Waals surface area contributed by atoms with Crippen LogP contribution in [0.1, 0.15) is 51.9 Å². The number of amides is 1. The maximum Gasteiger partial charge on any atom is 0.251 e. The molecule has 0 fully saturated rings. The molecule has 0 saturated heterocycles. The van der Waals surface area contributed by atoms with Gasteiger partial charge < -0.3 is 24.4 Å². The SMILES string of the molecule is COCCOc1cccc(CNC(=O)c2ccc3c(c2)Cc2cccc(c2)CN(C)CCCCCO3)c1. The van der Waals surface area contributed by atoms with Gasteiger partial charge in [-0.2, -0.15) is 0 Å². The second-order valence-electron chi connectivity index (χ2n) is 9.64. The molecular weight excluding hydrogens is 464 g/mol. The Morgan fingerprint density at radius 3 is 2.73 bits per heavy atom. The quantitative estimate of drug-likeness (QED) is 0.449. The number of fused-ring (bicyclic) bond motifs is 3. The Morgan fingerprint density at radius 1 is 0.973 bits per heavy atom. The third-order valence-electron chi connectivity index (χ3n) is 6.51. The van der Waals surface area contributed by atoms with Crippen LogP contribution in [-0.2, 0) is 24.2 Å². The van der Waals surface area contributed by atoms with Crippen molar-refractivity contribution in [1.29, 1.82) is 0 Å². The molecule has 1 heterocycles. The topological polar surface area (TPSA) is 60.0 Å². The third-order valence-corrected chi connectivity index (χ3v) is 6.51. The highest BCUT2D eigenvalue weighted by molar-refractivity contribution is 5.94. The van der Waals surface area contributed by atoms with Gasteiger partial charge in [0, 0.05) is 32.2 Å². The predicted octanol–water partition coefficient (Wildman–Crippen LogP) is 5.23. The number of benzene rings is 3. The van der Waals surface area contributed by atoms with Gasteiger partial charge in [-0.25, -0.2) is 0 Å². The summed E-state index contributed by atoms with van der Waals surface area (Å²) in [5.41, 5.74) is 5.17. The Labute approximate surface area is 220 Å². The lowest BCUT2D eigenvalue weighted by molar-refractivity contribution is 0.0950. The fraction of sp³-hybridized carbons (Fsp3) is 0.387. The van der Waals surface area contributed by atoms with Gasteiger partial charge >= 0.3 is 0 Å². The summed E-state index contributed by atoms with van der Waals surface area (Å²) in [6, 6.07) is 22.2. The summed E-state index contributed by atoms with van der Waals surface area (Å²) >= 11 is 0. The molecule has 0 radical (unpaired) electrons. The first kappa shape index (κ1) is 26.7. The van der Waals surface area contributed by atoms with Crippen LogP contribution in [0, 0.1) is 0 Å². The maximum atomic E-state index is 13.1. The van der Waals surface area contributed by atoms with E-state index in [4.69, 9.17) is 14.2 Å². The van der Waals surface area contributed by atoms with Crippen molar-refractivity contribution in [2.45, 2.75) is 38.8 Å². The minimum atomic E-state index is -0.108. The van der Waals surface area contributed by atoms with E-state index in [2.05, 4.69) is 41.5 Å². The summed E-state index contributed by atoms with van der Waals surface area (Å²) in [4.78, 5) is 15.4. The Bertz CT molecular complexity index is 1160. The van der Waals surface area contributed by atoms with Gasteiger partial charge in [0.25, 0.3) is 5.91 Å². The molecular formula is C31H38N2O4. The van der Waals surface area contributed by atoms with Gasteiger partial charge in [-0.05, 0) is 85.4 Å². The molecule has 3 aromatic carbocycles. The Hall–Kier alpha value is -3.35. The van der Waals surface area contributed by atoms with E-state index in [0.717, 1.165) is 61.4 Å². The summed E-state index contributed by atoms with van der Waals surface area (Å²) in [6.07, 6.45) is 4.04. The molecule has 4 rings (SSSR count). The van der Waals surface area contributed by atoms with Crippen molar-refractivity contribution < 1.29 is 19.0 Å². The fourth-order valence-electron chi connectivity index (χ4n) is 4.56.